The van der Waals surface area contributed by atoms with E-state index in [-0.39, 0.29) is 5.56 Å². The number of carbonyl (C=O) groups excluding carboxylic acids is 2. The van der Waals surface area contributed by atoms with Gasteiger partial charge in [-0.25, -0.2) is 0 Å². The minimum absolute atomic E-state index is 0.227. The molecular weight excluding hydrogens is 211 g/mol. The lowest BCUT2D eigenvalue weighted by Gasteiger charge is -2.08. The van der Waals surface area contributed by atoms with Crippen molar-refractivity contribution in [3.8, 4) is 0 Å². The summed E-state index contributed by atoms with van der Waals surface area (Å²) in [6.07, 6.45) is -4.63. The number of amides is 2. The second kappa shape index (κ2) is 2.82. The minimum atomic E-state index is -4.63. The number of hydrogen-bond acceptors (Lipinski definition) is 2. The van der Waals surface area contributed by atoms with E-state index < -0.39 is 29.1 Å². The summed E-state index contributed by atoms with van der Waals surface area (Å²) in [4.78, 5) is 22.2. The maximum absolute atomic E-state index is 12.5. The molecule has 0 saturated carbocycles. The molecule has 2 amide bonds. The van der Waals surface area contributed by atoms with Crippen molar-refractivity contribution in [3.05, 3.63) is 34.9 Å². The third kappa shape index (κ3) is 1.38. The molecule has 0 aliphatic carbocycles. The van der Waals surface area contributed by atoms with Gasteiger partial charge in [-0.15, -0.1) is 0 Å². The Bertz CT molecular complexity index is 465. The first kappa shape index (κ1) is 9.70. The van der Waals surface area contributed by atoms with Gasteiger partial charge in [-0.05, 0) is 12.1 Å². The van der Waals surface area contributed by atoms with Gasteiger partial charge < -0.3 is 0 Å². The Morgan fingerprint density at radius 1 is 1.07 bits per heavy atom. The van der Waals surface area contributed by atoms with E-state index in [2.05, 4.69) is 0 Å². The van der Waals surface area contributed by atoms with Gasteiger partial charge in [0.15, 0.2) is 0 Å². The molecule has 0 radical (unpaired) electrons. The fourth-order valence-corrected chi connectivity index (χ4v) is 1.46. The Labute approximate surface area is 81.9 Å². The summed E-state index contributed by atoms with van der Waals surface area (Å²) in [6, 6.07) is 3.06. The van der Waals surface area contributed by atoms with Gasteiger partial charge in [-0.1, -0.05) is 6.07 Å². The van der Waals surface area contributed by atoms with Crippen LogP contribution in [0.15, 0.2) is 18.2 Å². The number of rotatable bonds is 0. The zero-order chi connectivity index (χ0) is 11.2. The van der Waals surface area contributed by atoms with Crippen molar-refractivity contribution in [2.45, 2.75) is 6.18 Å². The van der Waals surface area contributed by atoms with E-state index in [1.54, 1.807) is 0 Å². The van der Waals surface area contributed by atoms with Crippen LogP contribution in [0.3, 0.4) is 0 Å². The summed E-state index contributed by atoms with van der Waals surface area (Å²) in [5, 5.41) is 1.82. The Hall–Kier alpha value is -1.85. The first-order valence-electron chi connectivity index (χ1n) is 3.97. The lowest BCUT2D eigenvalue weighted by molar-refractivity contribution is -0.137. The predicted octanol–water partition coefficient (Wildman–Crippen LogP) is 1.59. The van der Waals surface area contributed by atoms with Crippen LogP contribution >= 0.6 is 0 Å². The number of halogens is 3. The highest BCUT2D eigenvalue weighted by Gasteiger charge is 2.40. The first-order chi connectivity index (χ1) is 6.91. The van der Waals surface area contributed by atoms with Gasteiger partial charge in [0.05, 0.1) is 16.7 Å². The third-order valence-corrected chi connectivity index (χ3v) is 2.07. The van der Waals surface area contributed by atoms with Crippen molar-refractivity contribution < 1.29 is 22.8 Å². The molecule has 0 unspecified atom stereocenters. The molecule has 1 N–H and O–H groups in total. The van der Waals surface area contributed by atoms with Gasteiger partial charge in [-0.3, -0.25) is 14.9 Å². The number of nitrogens with one attached hydrogen (secondary N) is 1. The second-order valence-electron chi connectivity index (χ2n) is 3.01. The van der Waals surface area contributed by atoms with Gasteiger partial charge in [-0.2, -0.15) is 13.2 Å². The molecule has 2 rings (SSSR count). The zero-order valence-corrected chi connectivity index (χ0v) is 7.18. The number of carbonyl (C=O) groups is 2. The standard InChI is InChI=1S/C9H4F3NO2/c10-9(11,12)5-3-1-2-4-6(5)8(15)13-7(4)14/h1-3H,(H,13,14,15). The summed E-state index contributed by atoms with van der Waals surface area (Å²) in [6.45, 7) is 0. The van der Waals surface area contributed by atoms with Crippen LogP contribution in [0.25, 0.3) is 0 Å². The molecule has 0 atom stereocenters. The quantitative estimate of drug-likeness (QED) is 0.668. The van der Waals surface area contributed by atoms with Crippen LogP contribution in [0.5, 0.6) is 0 Å². The number of benzene rings is 1. The highest BCUT2D eigenvalue weighted by Crippen LogP contribution is 2.34. The molecule has 1 aromatic rings. The van der Waals surface area contributed by atoms with Crippen molar-refractivity contribution in [3.63, 3.8) is 0 Å². The Balaban J connectivity index is 2.71. The number of imide groups is 1. The van der Waals surface area contributed by atoms with Crippen molar-refractivity contribution in [2.24, 2.45) is 0 Å². The zero-order valence-electron chi connectivity index (χ0n) is 7.18. The molecule has 0 saturated heterocycles. The molecule has 0 spiro atoms. The van der Waals surface area contributed by atoms with E-state index in [1.807, 2.05) is 5.32 Å². The van der Waals surface area contributed by atoms with Gasteiger partial charge in [0.25, 0.3) is 11.8 Å². The van der Waals surface area contributed by atoms with Crippen LogP contribution in [-0.2, 0) is 6.18 Å². The molecule has 15 heavy (non-hydrogen) atoms. The minimum Gasteiger partial charge on any atom is -0.288 e. The molecule has 3 nitrogen and oxygen atoms in total. The average molecular weight is 215 g/mol. The largest absolute Gasteiger partial charge is 0.417 e. The molecule has 0 aromatic heterocycles. The van der Waals surface area contributed by atoms with Gasteiger partial charge in [0, 0.05) is 0 Å². The van der Waals surface area contributed by atoms with Crippen molar-refractivity contribution in [2.75, 3.05) is 0 Å². The molecular formula is C9H4F3NO2. The maximum Gasteiger partial charge on any atom is 0.417 e. The third-order valence-electron chi connectivity index (χ3n) is 2.07. The number of fused-ring (bicyclic) bond motifs is 1. The van der Waals surface area contributed by atoms with E-state index in [9.17, 15) is 22.8 Å². The fourth-order valence-electron chi connectivity index (χ4n) is 1.46. The monoisotopic (exact) mass is 215 g/mol. The van der Waals surface area contributed by atoms with Crippen LogP contribution in [0.4, 0.5) is 13.2 Å². The summed E-state index contributed by atoms with van der Waals surface area (Å²) in [7, 11) is 0. The van der Waals surface area contributed by atoms with E-state index in [0.29, 0.717) is 0 Å². The Morgan fingerprint density at radius 3 is 2.33 bits per heavy atom. The van der Waals surface area contributed by atoms with Gasteiger partial charge >= 0.3 is 6.18 Å². The van der Waals surface area contributed by atoms with Crippen LogP contribution in [0.1, 0.15) is 26.3 Å². The molecule has 1 heterocycles. The number of alkyl halides is 3. The normalized spacial score (nSPS) is 15.1. The summed E-state index contributed by atoms with van der Waals surface area (Å²) in [5.41, 5.74) is -1.90. The van der Waals surface area contributed by atoms with E-state index in [0.717, 1.165) is 12.1 Å². The molecule has 6 heteroatoms. The van der Waals surface area contributed by atoms with Crippen LogP contribution in [0.2, 0.25) is 0 Å². The van der Waals surface area contributed by atoms with E-state index in [4.69, 9.17) is 0 Å². The van der Waals surface area contributed by atoms with E-state index >= 15 is 0 Å². The molecule has 78 valence electrons. The fraction of sp³-hybridized carbons (Fsp3) is 0.111. The van der Waals surface area contributed by atoms with Gasteiger partial charge in [0.2, 0.25) is 0 Å². The van der Waals surface area contributed by atoms with Crippen LogP contribution in [0, 0.1) is 0 Å². The molecule has 1 aliphatic rings. The van der Waals surface area contributed by atoms with Crippen LogP contribution in [-0.4, -0.2) is 11.8 Å². The first-order valence-corrected chi connectivity index (χ1v) is 3.97. The van der Waals surface area contributed by atoms with E-state index in [1.165, 1.54) is 6.07 Å². The SMILES string of the molecule is O=C1NC(=O)c2c1cccc2C(F)(F)F. The molecule has 1 aromatic carbocycles. The average Bonchev–Trinajstić information content (AvgIpc) is 2.41. The second-order valence-corrected chi connectivity index (χ2v) is 3.01. The molecule has 1 aliphatic heterocycles. The summed E-state index contributed by atoms with van der Waals surface area (Å²) < 4.78 is 37.4. The lowest BCUT2D eigenvalue weighted by Crippen LogP contribution is -2.21. The highest BCUT2D eigenvalue weighted by atomic mass is 19.4. The molecule has 0 fully saturated rings. The topological polar surface area (TPSA) is 46.2 Å². The smallest absolute Gasteiger partial charge is 0.288 e. The summed E-state index contributed by atoms with van der Waals surface area (Å²) >= 11 is 0. The van der Waals surface area contributed by atoms with Crippen LogP contribution < -0.4 is 5.32 Å². The summed E-state index contributed by atoms with van der Waals surface area (Å²) in [5.74, 6) is -1.79. The molecule has 0 bridgehead atoms. The van der Waals surface area contributed by atoms with Crippen molar-refractivity contribution in [1.82, 2.24) is 5.32 Å². The van der Waals surface area contributed by atoms with Crippen molar-refractivity contribution >= 4 is 11.8 Å². The Morgan fingerprint density at radius 2 is 1.73 bits per heavy atom. The Kier molecular flexibility index (Phi) is 1.82. The lowest BCUT2D eigenvalue weighted by atomic mass is 10.0. The maximum atomic E-state index is 12.5. The van der Waals surface area contributed by atoms with Crippen molar-refractivity contribution in [1.29, 1.82) is 0 Å². The predicted molar refractivity (Wildman–Crippen MR) is 43.2 cm³/mol. The van der Waals surface area contributed by atoms with Gasteiger partial charge in [0.1, 0.15) is 0 Å². The number of hydrogen-bond donors (Lipinski definition) is 1. The highest BCUT2D eigenvalue weighted by molar-refractivity contribution is 6.22.